The Kier molecular flexibility index (Phi) is 4.87. The lowest BCUT2D eigenvalue weighted by Crippen LogP contribution is -1.80. The lowest BCUT2D eigenvalue weighted by atomic mass is 10.3. The number of aliphatic hydroxyl groups excluding tert-OH is 1. The highest BCUT2D eigenvalue weighted by Gasteiger charge is 1.81. The maximum atomic E-state index is 8.32. The molecule has 0 aromatic rings. The second kappa shape index (κ2) is 4.59. The minimum atomic E-state index is 0.269. The van der Waals surface area contributed by atoms with Crippen molar-refractivity contribution in [3.05, 3.63) is 9.66 Å². The van der Waals surface area contributed by atoms with Crippen LogP contribution in [-0.2, 0) is 0 Å². The van der Waals surface area contributed by atoms with E-state index in [1.807, 2.05) is 11.0 Å². The van der Waals surface area contributed by atoms with Gasteiger partial charge in [-0.15, -0.1) is 0 Å². The van der Waals surface area contributed by atoms with Crippen molar-refractivity contribution >= 4 is 22.6 Å². The molecule has 2 heteroatoms. The molecule has 0 amide bonds. The van der Waals surface area contributed by atoms with Crippen LogP contribution in [0.15, 0.2) is 9.66 Å². The van der Waals surface area contributed by atoms with Crippen LogP contribution < -0.4 is 0 Å². The topological polar surface area (TPSA) is 20.2 Å². The van der Waals surface area contributed by atoms with Crippen LogP contribution in [0, 0.1) is 0 Å². The SMILES string of the molecule is C/C(=C\I)CCO. The van der Waals surface area contributed by atoms with E-state index in [0.29, 0.717) is 0 Å². The number of aliphatic hydroxyl groups is 1. The van der Waals surface area contributed by atoms with Gasteiger partial charge in [0.05, 0.1) is 0 Å². The molecule has 0 unspecified atom stereocenters. The Morgan fingerprint density at radius 3 is 2.57 bits per heavy atom. The van der Waals surface area contributed by atoms with Gasteiger partial charge in [-0.05, 0) is 17.4 Å². The fraction of sp³-hybridized carbons (Fsp3) is 0.600. The van der Waals surface area contributed by atoms with Gasteiger partial charge in [-0.1, -0.05) is 28.2 Å². The molecule has 0 heterocycles. The van der Waals surface area contributed by atoms with Crippen molar-refractivity contribution in [1.29, 1.82) is 0 Å². The highest BCUT2D eigenvalue weighted by molar-refractivity contribution is 14.1. The summed E-state index contributed by atoms with van der Waals surface area (Å²) in [5.74, 6) is 0. The molecule has 0 radical (unpaired) electrons. The van der Waals surface area contributed by atoms with Crippen LogP contribution in [0.2, 0.25) is 0 Å². The van der Waals surface area contributed by atoms with Crippen molar-refractivity contribution < 1.29 is 5.11 Å². The average Bonchev–Trinajstić information content (AvgIpc) is 1.68. The third-order valence-electron chi connectivity index (χ3n) is 0.692. The summed E-state index contributed by atoms with van der Waals surface area (Å²) in [7, 11) is 0. The first-order valence-corrected chi connectivity index (χ1v) is 3.42. The molecule has 0 rings (SSSR count). The summed E-state index contributed by atoms with van der Waals surface area (Å²) < 4.78 is 1.98. The van der Waals surface area contributed by atoms with E-state index in [1.54, 1.807) is 0 Å². The van der Waals surface area contributed by atoms with Crippen LogP contribution in [0.3, 0.4) is 0 Å². The summed E-state index contributed by atoms with van der Waals surface area (Å²) >= 11 is 2.16. The Hall–Kier alpha value is 0.430. The van der Waals surface area contributed by atoms with Crippen LogP contribution in [-0.4, -0.2) is 11.7 Å². The molecule has 0 bridgehead atoms. The molecule has 0 atom stereocenters. The largest absolute Gasteiger partial charge is 0.396 e. The zero-order valence-electron chi connectivity index (χ0n) is 4.32. The predicted molar refractivity (Wildman–Crippen MR) is 39.5 cm³/mol. The third-order valence-corrected chi connectivity index (χ3v) is 1.76. The molecule has 0 spiro atoms. The molecule has 42 valence electrons. The maximum absolute atomic E-state index is 8.32. The lowest BCUT2D eigenvalue weighted by Gasteiger charge is -1.89. The maximum Gasteiger partial charge on any atom is 0.0468 e. The van der Waals surface area contributed by atoms with E-state index in [1.165, 1.54) is 5.57 Å². The molecule has 1 nitrogen and oxygen atoms in total. The number of halogens is 1. The van der Waals surface area contributed by atoms with Gasteiger partial charge in [0.1, 0.15) is 0 Å². The summed E-state index contributed by atoms with van der Waals surface area (Å²) in [6, 6.07) is 0. The highest BCUT2D eigenvalue weighted by atomic mass is 127. The highest BCUT2D eigenvalue weighted by Crippen LogP contribution is 2.00. The minimum absolute atomic E-state index is 0.269. The normalized spacial score (nSPS) is 12.1. The summed E-state index contributed by atoms with van der Waals surface area (Å²) in [6.45, 7) is 2.27. The molecule has 0 saturated heterocycles. The van der Waals surface area contributed by atoms with Crippen LogP contribution in [0.5, 0.6) is 0 Å². The molecule has 0 aliphatic heterocycles. The Morgan fingerprint density at radius 2 is 2.43 bits per heavy atom. The third kappa shape index (κ3) is 4.28. The molecule has 0 aromatic carbocycles. The van der Waals surface area contributed by atoms with Crippen molar-refractivity contribution in [2.45, 2.75) is 13.3 Å². The monoisotopic (exact) mass is 212 g/mol. The van der Waals surface area contributed by atoms with Crippen LogP contribution in [0.25, 0.3) is 0 Å². The van der Waals surface area contributed by atoms with Gasteiger partial charge in [0, 0.05) is 6.61 Å². The van der Waals surface area contributed by atoms with Gasteiger partial charge < -0.3 is 5.11 Å². The standard InChI is InChI=1S/C5H9IO/c1-5(4-6)2-3-7/h4,7H,2-3H2,1H3/b5-4+. The first-order chi connectivity index (χ1) is 3.31. The Morgan fingerprint density at radius 1 is 1.86 bits per heavy atom. The molecule has 0 fully saturated rings. The van der Waals surface area contributed by atoms with E-state index in [-0.39, 0.29) is 6.61 Å². The zero-order chi connectivity index (χ0) is 5.70. The van der Waals surface area contributed by atoms with Gasteiger partial charge in [0.15, 0.2) is 0 Å². The van der Waals surface area contributed by atoms with Crippen molar-refractivity contribution in [3.8, 4) is 0 Å². The van der Waals surface area contributed by atoms with E-state index < -0.39 is 0 Å². The zero-order valence-corrected chi connectivity index (χ0v) is 6.47. The van der Waals surface area contributed by atoms with Crippen LogP contribution >= 0.6 is 22.6 Å². The smallest absolute Gasteiger partial charge is 0.0468 e. The summed E-state index contributed by atoms with van der Waals surface area (Å²) in [5.41, 5.74) is 1.24. The van der Waals surface area contributed by atoms with Gasteiger partial charge in [0.25, 0.3) is 0 Å². The lowest BCUT2D eigenvalue weighted by molar-refractivity contribution is 0.299. The van der Waals surface area contributed by atoms with Crippen molar-refractivity contribution in [2.24, 2.45) is 0 Å². The van der Waals surface area contributed by atoms with Crippen molar-refractivity contribution in [3.63, 3.8) is 0 Å². The van der Waals surface area contributed by atoms with Crippen molar-refractivity contribution in [1.82, 2.24) is 0 Å². The summed E-state index contributed by atoms with van der Waals surface area (Å²) in [5, 5.41) is 8.32. The molecular formula is C5H9IO. The molecule has 0 saturated carbocycles. The molecular weight excluding hydrogens is 203 g/mol. The molecule has 0 aliphatic carbocycles. The van der Waals surface area contributed by atoms with Gasteiger partial charge in [-0.2, -0.15) is 0 Å². The Bertz CT molecular complexity index is 68.5. The fourth-order valence-electron chi connectivity index (χ4n) is 0.231. The second-order valence-corrected chi connectivity index (χ2v) is 2.05. The fourth-order valence-corrected chi connectivity index (χ4v) is 0.542. The summed E-state index contributed by atoms with van der Waals surface area (Å²) in [4.78, 5) is 0. The van der Waals surface area contributed by atoms with E-state index in [4.69, 9.17) is 5.11 Å². The van der Waals surface area contributed by atoms with E-state index in [2.05, 4.69) is 22.6 Å². The molecule has 0 aromatic heterocycles. The van der Waals surface area contributed by atoms with E-state index >= 15 is 0 Å². The minimum Gasteiger partial charge on any atom is -0.396 e. The van der Waals surface area contributed by atoms with E-state index in [9.17, 15) is 0 Å². The first-order valence-electron chi connectivity index (χ1n) is 2.18. The number of rotatable bonds is 2. The Balaban J connectivity index is 3.17. The van der Waals surface area contributed by atoms with Gasteiger partial charge in [-0.25, -0.2) is 0 Å². The predicted octanol–water partition coefficient (Wildman–Crippen LogP) is 1.71. The first kappa shape index (κ1) is 7.43. The van der Waals surface area contributed by atoms with Crippen molar-refractivity contribution in [2.75, 3.05) is 6.61 Å². The average molecular weight is 212 g/mol. The number of hydrogen-bond acceptors (Lipinski definition) is 1. The van der Waals surface area contributed by atoms with Gasteiger partial charge >= 0.3 is 0 Å². The van der Waals surface area contributed by atoms with E-state index in [0.717, 1.165) is 6.42 Å². The number of hydrogen-bond donors (Lipinski definition) is 1. The molecule has 0 aliphatic rings. The van der Waals surface area contributed by atoms with Crippen LogP contribution in [0.4, 0.5) is 0 Å². The molecule has 7 heavy (non-hydrogen) atoms. The van der Waals surface area contributed by atoms with Gasteiger partial charge in [0.2, 0.25) is 0 Å². The quantitative estimate of drug-likeness (QED) is 0.690. The Labute approximate surface area is 57.6 Å². The summed E-state index contributed by atoms with van der Waals surface area (Å²) in [6.07, 6.45) is 0.808. The van der Waals surface area contributed by atoms with Gasteiger partial charge in [-0.3, -0.25) is 0 Å². The molecule has 1 N–H and O–H groups in total. The second-order valence-electron chi connectivity index (χ2n) is 1.43. The van der Waals surface area contributed by atoms with Crippen LogP contribution in [0.1, 0.15) is 13.3 Å².